The van der Waals surface area contributed by atoms with E-state index < -0.39 is 11.5 Å². The van der Waals surface area contributed by atoms with Crippen LogP contribution in [0, 0.1) is 0 Å². The second kappa shape index (κ2) is 4.45. The van der Waals surface area contributed by atoms with Crippen LogP contribution in [-0.4, -0.2) is 11.5 Å². The van der Waals surface area contributed by atoms with Crippen molar-refractivity contribution >= 4 is 23.0 Å². The Morgan fingerprint density at radius 1 is 1.27 bits per heavy atom. The van der Waals surface area contributed by atoms with Gasteiger partial charge in [0.15, 0.2) is 5.11 Å². The number of para-hydroxylation sites is 1. The minimum absolute atomic E-state index is 0.113. The largest absolute Gasteiger partial charge is 0.544 e. The van der Waals surface area contributed by atoms with Gasteiger partial charge in [0.05, 0.1) is 5.69 Å². The Hall–Kier alpha value is -1.34. The molecule has 3 nitrogen and oxygen atoms in total. The molecule has 0 atom stereocenters. The molecule has 0 aliphatic carbocycles. The van der Waals surface area contributed by atoms with Crippen LogP contribution in [0.1, 0.15) is 0 Å². The zero-order chi connectivity index (χ0) is 11.5. The standard InChI is InChI=1S/C8H7F3N2OS/c9-8(10,11)14-13(7(12)15)6-4-2-1-3-5-6/h1-5H,(H2,12,15). The highest BCUT2D eigenvalue weighted by Crippen LogP contribution is 2.23. The lowest BCUT2D eigenvalue weighted by molar-refractivity contribution is -0.323. The van der Waals surface area contributed by atoms with Gasteiger partial charge in [-0.15, -0.1) is 13.2 Å². The van der Waals surface area contributed by atoms with Crippen molar-refractivity contribution in [2.24, 2.45) is 5.73 Å². The van der Waals surface area contributed by atoms with Crippen molar-refractivity contribution in [3.63, 3.8) is 0 Å². The third-order valence-corrected chi connectivity index (χ3v) is 1.55. The van der Waals surface area contributed by atoms with Gasteiger partial charge in [-0.05, 0) is 24.4 Å². The number of anilines is 1. The van der Waals surface area contributed by atoms with Gasteiger partial charge in [-0.3, -0.25) is 0 Å². The highest BCUT2D eigenvalue weighted by atomic mass is 32.1. The van der Waals surface area contributed by atoms with E-state index in [0.29, 0.717) is 5.06 Å². The molecule has 0 radical (unpaired) electrons. The Morgan fingerprint density at radius 3 is 2.20 bits per heavy atom. The normalized spacial score (nSPS) is 11.1. The van der Waals surface area contributed by atoms with E-state index in [0.717, 1.165) is 0 Å². The van der Waals surface area contributed by atoms with Gasteiger partial charge in [-0.2, -0.15) is 9.90 Å². The van der Waals surface area contributed by atoms with Gasteiger partial charge in [-0.1, -0.05) is 18.2 Å². The summed E-state index contributed by atoms with van der Waals surface area (Å²) < 4.78 is 35.9. The van der Waals surface area contributed by atoms with Crippen molar-refractivity contribution in [1.29, 1.82) is 0 Å². The summed E-state index contributed by atoms with van der Waals surface area (Å²) >= 11 is 4.45. The number of hydrogen-bond acceptors (Lipinski definition) is 2. The first-order valence-electron chi connectivity index (χ1n) is 3.80. The number of rotatable bonds is 2. The van der Waals surface area contributed by atoms with E-state index >= 15 is 0 Å². The molecule has 0 amide bonds. The molecule has 0 aliphatic heterocycles. The fourth-order valence-electron chi connectivity index (χ4n) is 0.892. The van der Waals surface area contributed by atoms with Gasteiger partial charge in [0, 0.05) is 0 Å². The molecule has 0 saturated heterocycles. The van der Waals surface area contributed by atoms with E-state index in [-0.39, 0.29) is 5.69 Å². The Kier molecular flexibility index (Phi) is 3.48. The number of nitrogens with two attached hydrogens (primary N) is 1. The molecular formula is C8H7F3N2OS. The van der Waals surface area contributed by atoms with Gasteiger partial charge >= 0.3 is 6.36 Å². The topological polar surface area (TPSA) is 38.5 Å². The average Bonchev–Trinajstić information content (AvgIpc) is 2.14. The van der Waals surface area contributed by atoms with E-state index in [1.807, 2.05) is 0 Å². The first-order chi connectivity index (χ1) is 6.90. The van der Waals surface area contributed by atoms with Crippen LogP contribution in [0.25, 0.3) is 0 Å². The Balaban J connectivity index is 2.90. The maximum absolute atomic E-state index is 12.0. The summed E-state index contributed by atoms with van der Waals surface area (Å²) in [6.07, 6.45) is -4.83. The van der Waals surface area contributed by atoms with Crippen molar-refractivity contribution in [2.45, 2.75) is 6.36 Å². The van der Waals surface area contributed by atoms with Crippen LogP contribution in [0.5, 0.6) is 0 Å². The first kappa shape index (κ1) is 11.7. The summed E-state index contributed by atoms with van der Waals surface area (Å²) in [5, 5.41) is -0.173. The van der Waals surface area contributed by atoms with E-state index in [1.54, 1.807) is 18.2 Å². The van der Waals surface area contributed by atoms with Crippen molar-refractivity contribution < 1.29 is 18.0 Å². The SMILES string of the molecule is NC(=S)N(OC(F)(F)F)c1ccccc1. The molecule has 7 heteroatoms. The van der Waals surface area contributed by atoms with Crippen molar-refractivity contribution in [2.75, 3.05) is 5.06 Å². The third-order valence-electron chi connectivity index (χ3n) is 1.39. The minimum Gasteiger partial charge on any atom is -0.374 e. The molecule has 0 saturated carbocycles. The zero-order valence-corrected chi connectivity index (χ0v) is 8.18. The molecule has 0 aliphatic rings. The molecule has 0 aromatic heterocycles. The lowest BCUT2D eigenvalue weighted by Gasteiger charge is -2.22. The number of nitrogens with zero attached hydrogens (tertiary/aromatic N) is 1. The van der Waals surface area contributed by atoms with Crippen molar-refractivity contribution in [3.05, 3.63) is 30.3 Å². The number of alkyl halides is 3. The quantitative estimate of drug-likeness (QED) is 0.631. The summed E-state index contributed by atoms with van der Waals surface area (Å²) in [7, 11) is 0. The maximum Gasteiger partial charge on any atom is 0.544 e. The molecule has 0 unspecified atom stereocenters. The number of hydrogen-bond donors (Lipinski definition) is 1. The Morgan fingerprint density at radius 2 is 1.80 bits per heavy atom. The van der Waals surface area contributed by atoms with Gasteiger partial charge in [0.1, 0.15) is 0 Å². The van der Waals surface area contributed by atoms with Crippen LogP contribution in [-0.2, 0) is 4.84 Å². The number of hydroxylamine groups is 1. The lowest BCUT2D eigenvalue weighted by atomic mass is 10.3. The van der Waals surface area contributed by atoms with Crippen LogP contribution in [0.15, 0.2) is 30.3 Å². The second-order valence-corrected chi connectivity index (χ2v) is 2.92. The van der Waals surface area contributed by atoms with E-state index in [2.05, 4.69) is 17.1 Å². The third kappa shape index (κ3) is 3.72. The predicted molar refractivity (Wildman–Crippen MR) is 52.8 cm³/mol. The van der Waals surface area contributed by atoms with Crippen LogP contribution in [0.2, 0.25) is 0 Å². The van der Waals surface area contributed by atoms with Crippen LogP contribution in [0.4, 0.5) is 18.9 Å². The maximum atomic E-state index is 12.0. The lowest BCUT2D eigenvalue weighted by Crippen LogP contribution is -2.40. The fraction of sp³-hybridized carbons (Fsp3) is 0.125. The van der Waals surface area contributed by atoms with Crippen LogP contribution >= 0.6 is 12.2 Å². The summed E-state index contributed by atoms with van der Waals surface area (Å²) in [5.41, 5.74) is 5.22. The molecule has 15 heavy (non-hydrogen) atoms. The second-order valence-electron chi connectivity index (χ2n) is 2.51. The molecule has 0 spiro atoms. The van der Waals surface area contributed by atoms with E-state index in [1.165, 1.54) is 12.1 Å². The Labute approximate surface area is 89.2 Å². The van der Waals surface area contributed by atoms with Crippen molar-refractivity contribution in [3.8, 4) is 0 Å². The number of benzene rings is 1. The van der Waals surface area contributed by atoms with E-state index in [9.17, 15) is 13.2 Å². The van der Waals surface area contributed by atoms with Gasteiger partial charge < -0.3 is 5.73 Å². The fourth-order valence-corrected chi connectivity index (χ4v) is 1.03. The highest BCUT2D eigenvalue weighted by molar-refractivity contribution is 7.80. The summed E-state index contributed by atoms with van der Waals surface area (Å²) in [5.74, 6) is 0. The molecule has 2 N–H and O–H groups in total. The average molecular weight is 236 g/mol. The molecule has 0 heterocycles. The molecule has 1 rings (SSSR count). The van der Waals surface area contributed by atoms with E-state index in [4.69, 9.17) is 5.73 Å². The smallest absolute Gasteiger partial charge is 0.374 e. The Bertz CT molecular complexity index is 341. The van der Waals surface area contributed by atoms with Crippen LogP contribution in [0.3, 0.4) is 0 Å². The van der Waals surface area contributed by atoms with Gasteiger partial charge in [0.25, 0.3) is 0 Å². The highest BCUT2D eigenvalue weighted by Gasteiger charge is 2.34. The summed E-state index contributed by atoms with van der Waals surface area (Å²) in [6.45, 7) is 0. The monoisotopic (exact) mass is 236 g/mol. The number of thiocarbonyl (C=S) groups is 1. The minimum atomic E-state index is -4.83. The molecule has 82 valence electrons. The molecule has 0 bridgehead atoms. The summed E-state index contributed by atoms with van der Waals surface area (Å²) in [4.78, 5) is 3.65. The van der Waals surface area contributed by atoms with Crippen LogP contribution < -0.4 is 10.8 Å². The molecule has 1 aromatic rings. The molecular weight excluding hydrogens is 229 g/mol. The molecule has 0 fully saturated rings. The predicted octanol–water partition coefficient (Wildman–Crippen LogP) is 2.19. The van der Waals surface area contributed by atoms with Crippen molar-refractivity contribution in [1.82, 2.24) is 0 Å². The zero-order valence-electron chi connectivity index (χ0n) is 7.36. The summed E-state index contributed by atoms with van der Waals surface area (Å²) in [6, 6.07) is 7.52. The first-order valence-corrected chi connectivity index (χ1v) is 4.21. The van der Waals surface area contributed by atoms with Gasteiger partial charge in [-0.25, -0.2) is 0 Å². The van der Waals surface area contributed by atoms with Gasteiger partial charge in [0.2, 0.25) is 0 Å². The molecule has 1 aromatic carbocycles. The number of halogens is 3.